The molecule has 1 saturated carbocycles. The van der Waals surface area contributed by atoms with Crippen LogP contribution in [0.15, 0.2) is 5.16 Å². The molecule has 0 aromatic heterocycles. The van der Waals surface area contributed by atoms with Crippen molar-refractivity contribution in [2.75, 3.05) is 0 Å². The lowest BCUT2D eigenvalue weighted by Gasteiger charge is -2.25. The molecule has 0 saturated heterocycles. The van der Waals surface area contributed by atoms with Gasteiger partial charge in [0.15, 0.2) is 0 Å². The summed E-state index contributed by atoms with van der Waals surface area (Å²) in [6, 6.07) is 0. The first-order chi connectivity index (χ1) is 8.45. The van der Waals surface area contributed by atoms with Crippen LogP contribution in [0.5, 0.6) is 0 Å². The van der Waals surface area contributed by atoms with E-state index < -0.39 is 24.0 Å². The van der Waals surface area contributed by atoms with Crippen LogP contribution in [-0.4, -0.2) is 34.8 Å². The second-order valence-corrected chi connectivity index (χ2v) is 4.51. The molecule has 1 N–H and O–H groups in total. The van der Waals surface area contributed by atoms with Crippen molar-refractivity contribution < 1.29 is 29.0 Å². The van der Waals surface area contributed by atoms with E-state index in [2.05, 4.69) is 9.89 Å². The van der Waals surface area contributed by atoms with E-state index in [1.807, 2.05) is 6.92 Å². The minimum absolute atomic E-state index is 0.0815. The summed E-state index contributed by atoms with van der Waals surface area (Å²) in [7, 11) is 0. The third-order valence-electron chi connectivity index (χ3n) is 3.35. The highest BCUT2D eigenvalue weighted by molar-refractivity contribution is 5.95. The quantitative estimate of drug-likeness (QED) is 0.608. The first kappa shape index (κ1) is 12.7. The molecule has 0 radical (unpaired) electrons. The number of nitrogens with zero attached hydrogens (tertiary/aromatic N) is 1. The monoisotopic (exact) mass is 257 g/mol. The lowest BCUT2D eigenvalue weighted by Crippen LogP contribution is -2.45. The maximum atomic E-state index is 12.1. The molecule has 2 rings (SSSR count). The van der Waals surface area contributed by atoms with Crippen molar-refractivity contribution in [3.8, 4) is 0 Å². The molecular formula is C11H15NO6. The molecule has 0 aromatic rings. The number of rotatable bonds is 3. The van der Waals surface area contributed by atoms with E-state index in [9.17, 15) is 9.59 Å². The van der Waals surface area contributed by atoms with Gasteiger partial charge in [0.1, 0.15) is 0 Å². The predicted molar refractivity (Wildman–Crippen MR) is 58.9 cm³/mol. The van der Waals surface area contributed by atoms with Gasteiger partial charge in [0.05, 0.1) is 11.6 Å². The van der Waals surface area contributed by atoms with Gasteiger partial charge in [-0.25, -0.2) is 9.59 Å². The van der Waals surface area contributed by atoms with Crippen LogP contribution in [0.3, 0.4) is 0 Å². The van der Waals surface area contributed by atoms with E-state index >= 15 is 0 Å². The molecule has 1 aliphatic heterocycles. The zero-order chi connectivity index (χ0) is 13.3. The molecule has 1 heterocycles. The Labute approximate surface area is 104 Å². The van der Waals surface area contributed by atoms with Gasteiger partial charge in [-0.2, -0.15) is 0 Å². The van der Waals surface area contributed by atoms with E-state index in [1.165, 1.54) is 6.92 Å². The Balaban J connectivity index is 2.03. The molecule has 0 bridgehead atoms. The fourth-order valence-electron chi connectivity index (χ4n) is 2.55. The molecule has 7 nitrogen and oxygen atoms in total. The molecule has 2 aliphatic rings. The molecule has 1 aliphatic carbocycles. The standard InChI is InChI=1S/C11H15NO6/c1-6-8-4-3-5-11(8,18-12-6)9(13)16-7(2)17-10(14)15/h7-8H,3-5H2,1-2H3,(H,14,15). The summed E-state index contributed by atoms with van der Waals surface area (Å²) < 4.78 is 9.29. The molecule has 0 aromatic carbocycles. The zero-order valence-electron chi connectivity index (χ0n) is 10.2. The molecule has 1 fully saturated rings. The Kier molecular flexibility index (Phi) is 3.14. The van der Waals surface area contributed by atoms with Crippen LogP contribution in [0.4, 0.5) is 4.79 Å². The Morgan fingerprint density at radius 2 is 2.28 bits per heavy atom. The highest BCUT2D eigenvalue weighted by Gasteiger charge is 2.58. The number of oxime groups is 1. The molecule has 3 unspecified atom stereocenters. The minimum Gasteiger partial charge on any atom is -0.450 e. The van der Waals surface area contributed by atoms with Crippen molar-refractivity contribution >= 4 is 17.8 Å². The van der Waals surface area contributed by atoms with Gasteiger partial charge in [-0.15, -0.1) is 0 Å². The van der Waals surface area contributed by atoms with Crippen LogP contribution < -0.4 is 0 Å². The summed E-state index contributed by atoms with van der Waals surface area (Å²) in [5.41, 5.74) is -0.309. The van der Waals surface area contributed by atoms with Crippen LogP contribution in [-0.2, 0) is 19.1 Å². The average molecular weight is 257 g/mol. The minimum atomic E-state index is -1.49. The second-order valence-electron chi connectivity index (χ2n) is 4.51. The normalized spacial score (nSPS) is 31.0. The number of fused-ring (bicyclic) bond motifs is 1. The van der Waals surface area contributed by atoms with E-state index in [0.717, 1.165) is 18.6 Å². The maximum absolute atomic E-state index is 12.1. The van der Waals surface area contributed by atoms with Crippen molar-refractivity contribution in [2.24, 2.45) is 11.1 Å². The van der Waals surface area contributed by atoms with Crippen LogP contribution in [0.2, 0.25) is 0 Å². The third kappa shape index (κ3) is 2.00. The molecule has 3 atom stereocenters. The summed E-state index contributed by atoms with van der Waals surface area (Å²) in [6.45, 7) is 3.15. The van der Waals surface area contributed by atoms with Crippen LogP contribution >= 0.6 is 0 Å². The summed E-state index contributed by atoms with van der Waals surface area (Å²) in [6.07, 6.45) is -0.457. The largest absolute Gasteiger partial charge is 0.508 e. The van der Waals surface area contributed by atoms with Gasteiger partial charge in [0.2, 0.25) is 11.9 Å². The Morgan fingerprint density at radius 1 is 1.56 bits per heavy atom. The van der Waals surface area contributed by atoms with Gasteiger partial charge < -0.3 is 19.4 Å². The van der Waals surface area contributed by atoms with Crippen molar-refractivity contribution in [3.63, 3.8) is 0 Å². The lowest BCUT2D eigenvalue weighted by atomic mass is 9.88. The molecule has 0 amide bonds. The SMILES string of the molecule is CC1=NOC2(C(=O)OC(C)OC(=O)O)CCCC12. The lowest BCUT2D eigenvalue weighted by molar-refractivity contribution is -0.193. The van der Waals surface area contributed by atoms with E-state index in [0.29, 0.717) is 6.42 Å². The summed E-state index contributed by atoms with van der Waals surface area (Å²) in [4.78, 5) is 27.7. The number of carboxylic acid groups (broad SMARTS) is 1. The van der Waals surface area contributed by atoms with Crippen molar-refractivity contribution in [1.82, 2.24) is 0 Å². The highest BCUT2D eigenvalue weighted by Crippen LogP contribution is 2.44. The van der Waals surface area contributed by atoms with E-state index in [1.54, 1.807) is 0 Å². The summed E-state index contributed by atoms with van der Waals surface area (Å²) >= 11 is 0. The smallest absolute Gasteiger partial charge is 0.450 e. The summed E-state index contributed by atoms with van der Waals surface area (Å²) in [5, 5.41) is 12.3. The predicted octanol–water partition coefficient (Wildman–Crippen LogP) is 1.52. The highest BCUT2D eigenvalue weighted by atomic mass is 16.8. The molecule has 100 valence electrons. The Morgan fingerprint density at radius 3 is 2.94 bits per heavy atom. The molecule has 7 heteroatoms. The van der Waals surface area contributed by atoms with Gasteiger partial charge in [-0.1, -0.05) is 5.16 Å². The fourth-order valence-corrected chi connectivity index (χ4v) is 2.55. The molecule has 0 spiro atoms. The van der Waals surface area contributed by atoms with Crippen molar-refractivity contribution in [1.29, 1.82) is 0 Å². The topological polar surface area (TPSA) is 94.4 Å². The average Bonchev–Trinajstić information content (AvgIpc) is 2.79. The van der Waals surface area contributed by atoms with Crippen molar-refractivity contribution in [3.05, 3.63) is 0 Å². The van der Waals surface area contributed by atoms with Gasteiger partial charge in [0, 0.05) is 13.3 Å². The Bertz CT molecular complexity index is 406. The second kappa shape index (κ2) is 4.47. The van der Waals surface area contributed by atoms with Gasteiger partial charge >= 0.3 is 12.1 Å². The number of carbonyl (C=O) groups excluding carboxylic acids is 1. The van der Waals surface area contributed by atoms with Crippen LogP contribution in [0.1, 0.15) is 33.1 Å². The van der Waals surface area contributed by atoms with E-state index in [-0.39, 0.29) is 5.92 Å². The van der Waals surface area contributed by atoms with Gasteiger partial charge in [0.25, 0.3) is 0 Å². The first-order valence-corrected chi connectivity index (χ1v) is 5.79. The van der Waals surface area contributed by atoms with Crippen LogP contribution in [0.25, 0.3) is 0 Å². The number of esters is 1. The maximum Gasteiger partial charge on any atom is 0.508 e. The van der Waals surface area contributed by atoms with E-state index in [4.69, 9.17) is 14.7 Å². The third-order valence-corrected chi connectivity index (χ3v) is 3.35. The van der Waals surface area contributed by atoms with Gasteiger partial charge in [-0.05, 0) is 19.8 Å². The molecule has 18 heavy (non-hydrogen) atoms. The number of ether oxygens (including phenoxy) is 2. The Hall–Kier alpha value is -1.79. The zero-order valence-corrected chi connectivity index (χ0v) is 10.2. The van der Waals surface area contributed by atoms with Crippen LogP contribution in [0, 0.1) is 5.92 Å². The fraction of sp³-hybridized carbons (Fsp3) is 0.727. The number of hydrogen-bond acceptors (Lipinski definition) is 6. The first-order valence-electron chi connectivity index (χ1n) is 5.79. The molecular weight excluding hydrogens is 242 g/mol. The summed E-state index contributed by atoms with van der Waals surface area (Å²) in [5.74, 6) is -0.693. The number of hydrogen-bond donors (Lipinski definition) is 1. The number of carbonyl (C=O) groups is 2. The van der Waals surface area contributed by atoms with Crippen molar-refractivity contribution in [2.45, 2.75) is 45.0 Å². The van der Waals surface area contributed by atoms with Gasteiger partial charge in [-0.3, -0.25) is 0 Å².